The molecule has 9 heteroatoms. The molecule has 2 N–H and O–H groups in total. The number of hydrogen-bond acceptors (Lipinski definition) is 7. The van der Waals surface area contributed by atoms with E-state index in [1.54, 1.807) is 12.4 Å². The molecule has 0 bridgehead atoms. The number of aromatic nitrogens is 2. The number of benzene rings is 4. The second-order valence-electron chi connectivity index (χ2n) is 27.3. The molecule has 83 heavy (non-hydrogen) atoms. The van der Waals surface area contributed by atoms with E-state index in [4.69, 9.17) is 19.3 Å². The van der Waals surface area contributed by atoms with Gasteiger partial charge in [0, 0.05) is 34.4 Å². The van der Waals surface area contributed by atoms with Gasteiger partial charge < -0.3 is 19.4 Å². The summed E-state index contributed by atoms with van der Waals surface area (Å²) in [5.74, 6) is -1.07. The first-order valence-electron chi connectivity index (χ1n) is 30.9. The summed E-state index contributed by atoms with van der Waals surface area (Å²) in [4.78, 5) is 32.1. The summed E-state index contributed by atoms with van der Waals surface area (Å²) in [5, 5.41) is 19.7. The second-order valence-corrected chi connectivity index (χ2v) is 32.0. The number of nitrogens with zero attached hydrogens (tertiary/aromatic N) is 2. The predicted octanol–water partition coefficient (Wildman–Crippen LogP) is 18.4. The minimum absolute atomic E-state index is 0.0178. The number of hydrogen-bond donors (Lipinski definition) is 2. The second kappa shape index (κ2) is 28.4. The maximum absolute atomic E-state index is 11.9. The van der Waals surface area contributed by atoms with E-state index in [1.807, 2.05) is 31.2 Å². The molecule has 6 rings (SSSR count). The third-order valence-electron chi connectivity index (χ3n) is 18.5. The van der Waals surface area contributed by atoms with Crippen molar-refractivity contribution in [3.05, 3.63) is 176 Å². The highest BCUT2D eigenvalue weighted by Gasteiger charge is 2.42. The van der Waals surface area contributed by atoms with E-state index in [9.17, 15) is 14.7 Å². The van der Waals surface area contributed by atoms with Crippen LogP contribution in [0.1, 0.15) is 202 Å². The lowest BCUT2D eigenvalue weighted by atomic mass is 9.69. The summed E-state index contributed by atoms with van der Waals surface area (Å²) in [6.45, 7) is 45.1. The number of esters is 1. The summed E-state index contributed by atoms with van der Waals surface area (Å²) < 4.78 is 12.1. The number of carboxylic acids is 1. The molecule has 0 saturated heterocycles. The minimum atomic E-state index is -1.87. The van der Waals surface area contributed by atoms with Gasteiger partial charge in [-0.25, -0.2) is 0 Å². The maximum atomic E-state index is 11.9. The van der Waals surface area contributed by atoms with E-state index in [1.165, 1.54) is 50.1 Å². The van der Waals surface area contributed by atoms with E-state index in [0.717, 1.165) is 85.0 Å². The summed E-state index contributed by atoms with van der Waals surface area (Å²) in [6, 6.07) is 35.3. The number of ether oxygens (including phenoxy) is 1. The van der Waals surface area contributed by atoms with Gasteiger partial charge >= 0.3 is 11.9 Å². The van der Waals surface area contributed by atoms with Crippen molar-refractivity contribution >= 4 is 20.3 Å². The monoisotopic (exact) mass is 1140 g/mol. The third-order valence-corrected chi connectivity index (χ3v) is 23.0. The highest BCUT2D eigenvalue weighted by Crippen LogP contribution is 2.44. The van der Waals surface area contributed by atoms with Crippen molar-refractivity contribution in [3.63, 3.8) is 0 Å². The van der Waals surface area contributed by atoms with Crippen LogP contribution in [0, 0.1) is 38.5 Å². The number of pyridine rings is 2. The van der Waals surface area contributed by atoms with E-state index < -0.39 is 14.3 Å². The third kappa shape index (κ3) is 17.0. The molecule has 0 aliphatic carbocycles. The van der Waals surface area contributed by atoms with Crippen LogP contribution < -0.4 is 0 Å². The molecule has 2 aromatic heterocycles. The molecule has 2 heterocycles. The molecular formula is C74H104N2O6Si. The highest BCUT2D eigenvalue weighted by atomic mass is 28.4. The van der Waals surface area contributed by atoms with Gasteiger partial charge in [-0.3, -0.25) is 19.6 Å². The SMILES string of the molecule is CCC(CC)(c1ccc(CCC(O)C(C)(C)C)c(C)c1)c1ccc(-c2ccc(CC(=O)O)cn2)c(C)c1.CCOC(=O)Cc1ccc(-c2ccc(C(CC)(CC)c3ccc(CCC(O[Si](C)(C)C(C)(C)C)C(C)(C)C)c(C)c3)cc2C)nc1. The van der Waals surface area contributed by atoms with Gasteiger partial charge in [0.05, 0.1) is 43.0 Å². The number of aliphatic hydroxyl groups excluding tert-OH is 1. The van der Waals surface area contributed by atoms with Crippen molar-refractivity contribution < 1.29 is 29.0 Å². The Hall–Kier alpha value is -5.74. The molecule has 0 aliphatic heterocycles. The molecule has 0 aliphatic rings. The molecule has 450 valence electrons. The van der Waals surface area contributed by atoms with Crippen molar-refractivity contribution in [1.82, 2.24) is 9.97 Å². The van der Waals surface area contributed by atoms with Crippen LogP contribution in [0.15, 0.2) is 109 Å². The van der Waals surface area contributed by atoms with E-state index in [2.05, 4.69) is 209 Å². The number of carboxylic acid groups (broad SMARTS) is 1. The number of rotatable bonds is 23. The Morgan fingerprint density at radius 2 is 0.928 bits per heavy atom. The van der Waals surface area contributed by atoms with Crippen LogP contribution in [0.2, 0.25) is 18.1 Å². The molecule has 4 aromatic carbocycles. The van der Waals surface area contributed by atoms with E-state index in [-0.39, 0.29) is 57.7 Å². The fraction of sp³-hybridized carbons (Fsp3) is 0.514. The fourth-order valence-electron chi connectivity index (χ4n) is 11.7. The van der Waals surface area contributed by atoms with Gasteiger partial charge in [0.1, 0.15) is 0 Å². The van der Waals surface area contributed by atoms with Gasteiger partial charge in [-0.2, -0.15) is 0 Å². The lowest BCUT2D eigenvalue weighted by Gasteiger charge is -2.43. The normalized spacial score (nSPS) is 13.3. The smallest absolute Gasteiger partial charge is 0.310 e. The average Bonchev–Trinajstić information content (AvgIpc) is 3.07. The largest absolute Gasteiger partial charge is 0.481 e. The Morgan fingerprint density at radius 3 is 1.25 bits per heavy atom. The van der Waals surface area contributed by atoms with Crippen LogP contribution >= 0.6 is 0 Å². The van der Waals surface area contributed by atoms with Crippen LogP contribution in [0.3, 0.4) is 0 Å². The Labute approximate surface area is 502 Å². The zero-order valence-electron chi connectivity index (χ0n) is 54.7. The first-order chi connectivity index (χ1) is 38.8. The van der Waals surface area contributed by atoms with Crippen LogP contribution in [-0.2, 0) is 55.3 Å². The summed E-state index contributed by atoms with van der Waals surface area (Å²) in [6.07, 6.45) is 11.3. The van der Waals surface area contributed by atoms with Gasteiger partial charge in [0.25, 0.3) is 0 Å². The van der Waals surface area contributed by atoms with Crippen molar-refractivity contribution in [2.75, 3.05) is 6.61 Å². The molecular weight excluding hydrogens is 1040 g/mol. The number of carbonyl (C=O) groups is 2. The van der Waals surface area contributed by atoms with Crippen molar-refractivity contribution in [2.45, 2.75) is 230 Å². The first-order valence-corrected chi connectivity index (χ1v) is 33.8. The van der Waals surface area contributed by atoms with Crippen molar-refractivity contribution in [1.29, 1.82) is 0 Å². The Balaban J connectivity index is 0.000000311. The Kier molecular flexibility index (Phi) is 23.3. The van der Waals surface area contributed by atoms with Crippen LogP contribution in [0.25, 0.3) is 22.5 Å². The molecule has 0 radical (unpaired) electrons. The zero-order chi connectivity index (χ0) is 61.9. The number of aliphatic hydroxyl groups is 1. The molecule has 2 atom stereocenters. The van der Waals surface area contributed by atoms with Gasteiger partial charge in [-0.05, 0) is 194 Å². The number of carbonyl (C=O) groups excluding carboxylic acids is 1. The molecule has 2 unspecified atom stereocenters. The molecule has 8 nitrogen and oxygen atoms in total. The molecule has 0 saturated carbocycles. The van der Waals surface area contributed by atoms with E-state index >= 15 is 0 Å². The Morgan fingerprint density at radius 1 is 0.530 bits per heavy atom. The molecule has 0 spiro atoms. The fourth-order valence-corrected chi connectivity index (χ4v) is 13.2. The number of aliphatic carboxylic acids is 1. The first kappa shape index (κ1) is 68.0. The van der Waals surface area contributed by atoms with Crippen LogP contribution in [0.5, 0.6) is 0 Å². The van der Waals surface area contributed by atoms with Gasteiger partial charge in [0.2, 0.25) is 0 Å². The quantitative estimate of drug-likeness (QED) is 0.0481. The topological polar surface area (TPSA) is 119 Å². The molecule has 0 amide bonds. The standard InChI is InChI=1S/C41H61NO3Si.C33H43NO3/c1-14-41(15-2,34-21-22-35(30(5)26-34)36-23-17-31(28-42-36)27-38(43)44-16-3)33-20-18-32(29(4)25-33)19-24-37(39(6,7)8)45-46(12,13)40(9,10)11;1-8-33(9-2,26-13-11-25(22(3)18-26)12-17-30(35)32(5,6)7)27-14-15-28(23(4)19-27)29-16-10-24(21-34-29)20-31(36)37/h17-18,20-23,25-26,28,37H,14-16,19,24,27H2,1-13H3;10-11,13-16,18-19,21,30,35H,8-9,12,17,20H2,1-7H3,(H,36,37). The zero-order valence-corrected chi connectivity index (χ0v) is 55.7. The van der Waals surface area contributed by atoms with Crippen LogP contribution in [-0.4, -0.2) is 59.3 Å². The minimum Gasteiger partial charge on any atom is -0.481 e. The lowest BCUT2D eigenvalue weighted by molar-refractivity contribution is -0.142. The van der Waals surface area contributed by atoms with E-state index in [0.29, 0.717) is 12.2 Å². The van der Waals surface area contributed by atoms with Gasteiger partial charge in [-0.15, -0.1) is 0 Å². The van der Waals surface area contributed by atoms with Crippen LogP contribution in [0.4, 0.5) is 0 Å². The van der Waals surface area contributed by atoms with Gasteiger partial charge in [0.15, 0.2) is 8.32 Å². The summed E-state index contributed by atoms with van der Waals surface area (Å²) in [5.41, 5.74) is 18.5. The lowest BCUT2D eigenvalue weighted by Crippen LogP contribution is -2.47. The maximum Gasteiger partial charge on any atom is 0.310 e. The molecule has 6 aromatic rings. The average molecular weight is 1150 g/mol. The highest BCUT2D eigenvalue weighted by molar-refractivity contribution is 6.74. The number of aryl methyl sites for hydroxylation is 6. The van der Waals surface area contributed by atoms with Crippen molar-refractivity contribution in [3.8, 4) is 22.5 Å². The predicted molar refractivity (Wildman–Crippen MR) is 349 cm³/mol. The van der Waals surface area contributed by atoms with Gasteiger partial charge in [-0.1, -0.05) is 175 Å². The summed E-state index contributed by atoms with van der Waals surface area (Å²) in [7, 11) is -1.87. The Bertz CT molecular complexity index is 3090. The summed E-state index contributed by atoms with van der Waals surface area (Å²) >= 11 is 0. The van der Waals surface area contributed by atoms with Crippen molar-refractivity contribution in [2.24, 2.45) is 10.8 Å². The molecule has 0 fully saturated rings.